The maximum Gasteiger partial charge on any atom is 0.188 e. The van der Waals surface area contributed by atoms with Crippen LogP contribution in [0.15, 0.2) is 0 Å². The van der Waals surface area contributed by atoms with Gasteiger partial charge in [0.15, 0.2) is 5.82 Å². The Morgan fingerprint density at radius 2 is 2.23 bits per heavy atom. The van der Waals surface area contributed by atoms with Gasteiger partial charge in [-0.05, 0) is 24.1 Å². The lowest BCUT2D eigenvalue weighted by atomic mass is 10.1. The molecule has 0 saturated heterocycles. The number of nitrogens with zero attached hydrogens (tertiary/aromatic N) is 4. The third kappa shape index (κ3) is 3.98. The molecule has 1 N–H and O–H groups in total. The predicted molar refractivity (Wildman–Crippen MR) is 50.0 cm³/mol. The highest BCUT2D eigenvalue weighted by atomic mass is 15.6. The number of rotatable bonds is 5. The summed E-state index contributed by atoms with van der Waals surface area (Å²) in [5.74, 6) is 1.49. The molecule has 5 nitrogen and oxygen atoms in total. The van der Waals surface area contributed by atoms with Crippen molar-refractivity contribution in [2.24, 2.45) is 13.0 Å². The van der Waals surface area contributed by atoms with Crippen LogP contribution in [0, 0.1) is 5.92 Å². The summed E-state index contributed by atoms with van der Waals surface area (Å²) >= 11 is 0. The first kappa shape index (κ1) is 10.1. The molecule has 0 aliphatic rings. The Hall–Kier alpha value is -0.970. The van der Waals surface area contributed by atoms with Gasteiger partial charge in [0.2, 0.25) is 0 Å². The van der Waals surface area contributed by atoms with Crippen molar-refractivity contribution in [1.29, 1.82) is 0 Å². The van der Waals surface area contributed by atoms with E-state index < -0.39 is 0 Å². The molecule has 1 rings (SSSR count). The van der Waals surface area contributed by atoms with E-state index >= 15 is 0 Å². The third-order valence-corrected chi connectivity index (χ3v) is 1.73. The lowest BCUT2D eigenvalue weighted by Crippen LogP contribution is -2.17. The molecule has 0 aliphatic heterocycles. The summed E-state index contributed by atoms with van der Waals surface area (Å²) in [7, 11) is 1.77. The standard InChI is InChI=1S/C8H17N5/c1-7(2)4-5-9-6-8-10-12-13(3)11-8/h7,9H,4-6H2,1-3H3. The van der Waals surface area contributed by atoms with Crippen molar-refractivity contribution in [1.82, 2.24) is 25.5 Å². The summed E-state index contributed by atoms with van der Waals surface area (Å²) in [5, 5.41) is 14.9. The van der Waals surface area contributed by atoms with E-state index in [2.05, 4.69) is 34.6 Å². The molecule has 1 aromatic heterocycles. The number of nitrogens with one attached hydrogen (secondary N) is 1. The van der Waals surface area contributed by atoms with E-state index in [0.29, 0.717) is 6.54 Å². The van der Waals surface area contributed by atoms with Gasteiger partial charge in [0.1, 0.15) is 0 Å². The van der Waals surface area contributed by atoms with E-state index in [4.69, 9.17) is 0 Å². The Morgan fingerprint density at radius 1 is 1.46 bits per heavy atom. The lowest BCUT2D eigenvalue weighted by Gasteiger charge is -2.03. The maximum absolute atomic E-state index is 4.06. The molecule has 0 atom stereocenters. The SMILES string of the molecule is CC(C)CCNCc1nnn(C)n1. The number of aryl methyl sites for hydroxylation is 1. The highest BCUT2D eigenvalue weighted by Gasteiger charge is 1.99. The molecule has 0 radical (unpaired) electrons. The summed E-state index contributed by atoms with van der Waals surface area (Å²) in [6.45, 7) is 6.14. The van der Waals surface area contributed by atoms with Gasteiger partial charge in [-0.3, -0.25) is 0 Å². The quantitative estimate of drug-likeness (QED) is 0.669. The largest absolute Gasteiger partial charge is 0.310 e. The van der Waals surface area contributed by atoms with Crippen LogP contribution in [0.25, 0.3) is 0 Å². The Labute approximate surface area is 78.5 Å². The highest BCUT2D eigenvalue weighted by Crippen LogP contribution is 1.96. The fourth-order valence-electron chi connectivity index (χ4n) is 0.985. The molecule has 13 heavy (non-hydrogen) atoms. The van der Waals surface area contributed by atoms with Gasteiger partial charge in [0, 0.05) is 0 Å². The third-order valence-electron chi connectivity index (χ3n) is 1.73. The topological polar surface area (TPSA) is 55.6 Å². The number of hydrogen-bond acceptors (Lipinski definition) is 4. The van der Waals surface area contributed by atoms with Crippen LogP contribution in [0.3, 0.4) is 0 Å². The van der Waals surface area contributed by atoms with Crippen molar-refractivity contribution in [2.45, 2.75) is 26.8 Å². The van der Waals surface area contributed by atoms with Crippen LogP contribution in [-0.4, -0.2) is 26.8 Å². The summed E-state index contributed by atoms with van der Waals surface area (Å²) in [6, 6.07) is 0. The average Bonchev–Trinajstić information content (AvgIpc) is 2.45. The number of aromatic nitrogens is 4. The first-order valence-electron chi connectivity index (χ1n) is 4.62. The molecule has 74 valence electrons. The second kappa shape index (κ2) is 4.91. The molecule has 0 spiro atoms. The van der Waals surface area contributed by atoms with Crippen LogP contribution < -0.4 is 5.32 Å². The van der Waals surface area contributed by atoms with Crippen LogP contribution in [0.1, 0.15) is 26.1 Å². The average molecular weight is 183 g/mol. The molecule has 0 unspecified atom stereocenters. The second-order valence-electron chi connectivity index (χ2n) is 3.55. The number of hydrogen-bond donors (Lipinski definition) is 1. The van der Waals surface area contributed by atoms with E-state index in [-0.39, 0.29) is 0 Å². The fraction of sp³-hybridized carbons (Fsp3) is 0.875. The van der Waals surface area contributed by atoms with Gasteiger partial charge in [-0.2, -0.15) is 4.80 Å². The Kier molecular flexibility index (Phi) is 3.82. The van der Waals surface area contributed by atoms with Gasteiger partial charge in [-0.25, -0.2) is 0 Å². The first-order chi connectivity index (χ1) is 6.18. The van der Waals surface area contributed by atoms with E-state index in [1.54, 1.807) is 7.05 Å². The van der Waals surface area contributed by atoms with Crippen molar-refractivity contribution in [3.8, 4) is 0 Å². The summed E-state index contributed by atoms with van der Waals surface area (Å²) < 4.78 is 0. The second-order valence-corrected chi connectivity index (χ2v) is 3.55. The van der Waals surface area contributed by atoms with Crippen molar-refractivity contribution in [3.05, 3.63) is 5.82 Å². The van der Waals surface area contributed by atoms with Crippen molar-refractivity contribution in [2.75, 3.05) is 6.54 Å². The van der Waals surface area contributed by atoms with Gasteiger partial charge in [0.05, 0.1) is 13.6 Å². The minimum Gasteiger partial charge on any atom is -0.310 e. The fourth-order valence-corrected chi connectivity index (χ4v) is 0.985. The predicted octanol–water partition coefficient (Wildman–Crippen LogP) is 0.346. The monoisotopic (exact) mass is 183 g/mol. The molecule has 0 saturated carbocycles. The van der Waals surface area contributed by atoms with Crippen LogP contribution >= 0.6 is 0 Å². The van der Waals surface area contributed by atoms with Crippen molar-refractivity contribution in [3.63, 3.8) is 0 Å². The van der Waals surface area contributed by atoms with E-state index in [0.717, 1.165) is 18.3 Å². The first-order valence-corrected chi connectivity index (χ1v) is 4.62. The molecular weight excluding hydrogens is 166 g/mol. The van der Waals surface area contributed by atoms with Crippen LogP contribution in [0.5, 0.6) is 0 Å². The van der Waals surface area contributed by atoms with Crippen molar-refractivity contribution >= 4 is 0 Å². The van der Waals surface area contributed by atoms with Gasteiger partial charge in [0.25, 0.3) is 0 Å². The van der Waals surface area contributed by atoms with Gasteiger partial charge in [-0.1, -0.05) is 13.8 Å². The minimum absolute atomic E-state index is 0.709. The van der Waals surface area contributed by atoms with Gasteiger partial charge < -0.3 is 5.32 Å². The van der Waals surface area contributed by atoms with E-state index in [9.17, 15) is 0 Å². The molecular formula is C8H17N5. The number of tetrazole rings is 1. The summed E-state index contributed by atoms with van der Waals surface area (Å²) in [6.07, 6.45) is 1.18. The Balaban J connectivity index is 2.13. The molecule has 0 amide bonds. The minimum atomic E-state index is 0.709. The summed E-state index contributed by atoms with van der Waals surface area (Å²) in [4.78, 5) is 1.47. The van der Waals surface area contributed by atoms with Crippen LogP contribution in [0.2, 0.25) is 0 Å². The van der Waals surface area contributed by atoms with Crippen LogP contribution in [0.4, 0.5) is 0 Å². The molecule has 0 bridgehead atoms. The van der Waals surface area contributed by atoms with Gasteiger partial charge >= 0.3 is 0 Å². The Morgan fingerprint density at radius 3 is 2.77 bits per heavy atom. The van der Waals surface area contributed by atoms with E-state index in [1.807, 2.05) is 0 Å². The highest BCUT2D eigenvalue weighted by molar-refractivity contribution is 4.74. The normalized spacial score (nSPS) is 11.1. The molecule has 1 heterocycles. The van der Waals surface area contributed by atoms with Crippen LogP contribution in [-0.2, 0) is 13.6 Å². The smallest absolute Gasteiger partial charge is 0.188 e. The van der Waals surface area contributed by atoms with Crippen molar-refractivity contribution < 1.29 is 0 Å². The zero-order valence-electron chi connectivity index (χ0n) is 8.49. The lowest BCUT2D eigenvalue weighted by molar-refractivity contribution is 0.530. The zero-order valence-corrected chi connectivity index (χ0v) is 8.49. The maximum atomic E-state index is 4.06. The van der Waals surface area contributed by atoms with E-state index in [1.165, 1.54) is 11.2 Å². The molecule has 0 aromatic carbocycles. The molecule has 5 heteroatoms. The molecule has 0 aliphatic carbocycles. The zero-order chi connectivity index (χ0) is 9.68. The van der Waals surface area contributed by atoms with Gasteiger partial charge in [-0.15, -0.1) is 10.2 Å². The molecule has 0 fully saturated rings. The Bertz CT molecular complexity index is 242. The molecule has 1 aromatic rings. The summed E-state index contributed by atoms with van der Waals surface area (Å²) in [5.41, 5.74) is 0.